The molecule has 1 heterocycles. The first-order valence-electron chi connectivity index (χ1n) is 3.88. The van der Waals surface area contributed by atoms with Gasteiger partial charge in [-0.25, -0.2) is 0 Å². The Hall–Kier alpha value is -0.830. The smallest absolute Gasteiger partial charge is 0.137 e. The first kappa shape index (κ1) is 6.85. The van der Waals surface area contributed by atoms with Crippen LogP contribution in [0.3, 0.4) is 0 Å². The van der Waals surface area contributed by atoms with Crippen LogP contribution < -0.4 is 5.73 Å². The van der Waals surface area contributed by atoms with Gasteiger partial charge in [-0.2, -0.15) is 0 Å². The minimum Gasteiger partial charge on any atom is -0.361 e. The second kappa shape index (κ2) is 2.08. The van der Waals surface area contributed by atoms with Gasteiger partial charge in [-0.15, -0.1) is 0 Å². The van der Waals surface area contributed by atoms with Crippen molar-refractivity contribution in [3.63, 3.8) is 0 Å². The van der Waals surface area contributed by atoms with Crippen LogP contribution in [0, 0.1) is 13.8 Å². The molecule has 0 amide bonds. The average molecular weight is 152 g/mol. The fourth-order valence-corrected chi connectivity index (χ4v) is 1.57. The highest BCUT2D eigenvalue weighted by Gasteiger charge is 2.38. The summed E-state index contributed by atoms with van der Waals surface area (Å²) in [5, 5.41) is 3.88. The molecule has 1 saturated carbocycles. The lowest BCUT2D eigenvalue weighted by Gasteiger charge is -1.93. The molecule has 60 valence electrons. The molecule has 2 rings (SSSR count). The molecule has 1 aromatic rings. The third kappa shape index (κ3) is 0.959. The van der Waals surface area contributed by atoms with Gasteiger partial charge in [0.25, 0.3) is 0 Å². The number of aromatic nitrogens is 1. The van der Waals surface area contributed by atoms with Crippen LogP contribution in [-0.2, 0) is 0 Å². The van der Waals surface area contributed by atoms with Crippen LogP contribution in [0.5, 0.6) is 0 Å². The molecule has 0 spiro atoms. The summed E-state index contributed by atoms with van der Waals surface area (Å²) in [5.74, 6) is 1.45. The Morgan fingerprint density at radius 1 is 1.55 bits per heavy atom. The van der Waals surface area contributed by atoms with Crippen molar-refractivity contribution < 1.29 is 4.52 Å². The quantitative estimate of drug-likeness (QED) is 0.655. The highest BCUT2D eigenvalue weighted by Crippen LogP contribution is 2.41. The van der Waals surface area contributed by atoms with E-state index in [-0.39, 0.29) is 0 Å². The van der Waals surface area contributed by atoms with Crippen molar-refractivity contribution in [3.8, 4) is 0 Å². The minimum atomic E-state index is 0.340. The molecule has 0 unspecified atom stereocenters. The van der Waals surface area contributed by atoms with Gasteiger partial charge in [0.1, 0.15) is 5.76 Å². The maximum atomic E-state index is 5.73. The van der Waals surface area contributed by atoms with E-state index in [0.29, 0.717) is 12.0 Å². The van der Waals surface area contributed by atoms with Crippen LogP contribution in [0.1, 0.15) is 29.4 Å². The van der Waals surface area contributed by atoms with Crippen LogP contribution in [0.25, 0.3) is 0 Å². The fourth-order valence-electron chi connectivity index (χ4n) is 1.57. The van der Waals surface area contributed by atoms with E-state index in [0.717, 1.165) is 17.9 Å². The van der Waals surface area contributed by atoms with Gasteiger partial charge in [-0.3, -0.25) is 0 Å². The molecule has 2 atom stereocenters. The number of nitrogens with zero attached hydrogens (tertiary/aromatic N) is 1. The predicted molar refractivity (Wildman–Crippen MR) is 41.3 cm³/mol. The lowest BCUT2D eigenvalue weighted by atomic mass is 10.1. The second-order valence-corrected chi connectivity index (χ2v) is 3.24. The van der Waals surface area contributed by atoms with E-state index in [1.807, 2.05) is 13.8 Å². The Bertz CT molecular complexity index is 260. The predicted octanol–water partition coefficient (Wildman–Crippen LogP) is 1.11. The van der Waals surface area contributed by atoms with Crippen LogP contribution in [0.15, 0.2) is 4.52 Å². The molecule has 1 aliphatic rings. The van der Waals surface area contributed by atoms with Crippen LogP contribution in [-0.4, -0.2) is 11.2 Å². The zero-order chi connectivity index (χ0) is 8.01. The van der Waals surface area contributed by atoms with E-state index in [1.54, 1.807) is 0 Å². The summed E-state index contributed by atoms with van der Waals surface area (Å²) in [5.41, 5.74) is 7.96. The third-order valence-corrected chi connectivity index (χ3v) is 2.30. The monoisotopic (exact) mass is 152 g/mol. The van der Waals surface area contributed by atoms with E-state index in [2.05, 4.69) is 5.16 Å². The molecule has 3 heteroatoms. The number of aryl methyl sites for hydroxylation is 2. The SMILES string of the molecule is Cc1noc(C)c1[C@@H]1C[C@H]1N. The molecule has 2 N–H and O–H groups in total. The summed E-state index contributed by atoms with van der Waals surface area (Å²) in [7, 11) is 0. The van der Waals surface area contributed by atoms with Crippen LogP contribution in [0.4, 0.5) is 0 Å². The van der Waals surface area contributed by atoms with Gasteiger partial charge in [-0.1, -0.05) is 5.16 Å². The maximum absolute atomic E-state index is 5.73. The number of hydrogen-bond donors (Lipinski definition) is 1. The molecule has 3 nitrogen and oxygen atoms in total. The molecular formula is C8H12N2O. The van der Waals surface area contributed by atoms with Crippen molar-refractivity contribution >= 4 is 0 Å². The number of hydrogen-bond acceptors (Lipinski definition) is 3. The lowest BCUT2D eigenvalue weighted by Crippen LogP contribution is -2.01. The van der Waals surface area contributed by atoms with Gasteiger partial charge >= 0.3 is 0 Å². The number of rotatable bonds is 1. The van der Waals surface area contributed by atoms with Gasteiger partial charge in [-0.05, 0) is 20.3 Å². The molecule has 0 radical (unpaired) electrons. The summed E-state index contributed by atoms with van der Waals surface area (Å²) >= 11 is 0. The molecule has 1 aromatic heterocycles. The lowest BCUT2D eigenvalue weighted by molar-refractivity contribution is 0.392. The molecule has 1 fully saturated rings. The van der Waals surface area contributed by atoms with Gasteiger partial charge in [0.15, 0.2) is 0 Å². The third-order valence-electron chi connectivity index (χ3n) is 2.30. The summed E-state index contributed by atoms with van der Waals surface area (Å²) in [6.45, 7) is 3.91. The van der Waals surface area contributed by atoms with Crippen molar-refractivity contribution in [2.24, 2.45) is 5.73 Å². The molecule has 0 aromatic carbocycles. The van der Waals surface area contributed by atoms with Crippen molar-refractivity contribution in [2.45, 2.75) is 32.2 Å². The zero-order valence-electron chi connectivity index (χ0n) is 6.79. The molecular weight excluding hydrogens is 140 g/mol. The average Bonchev–Trinajstić information content (AvgIpc) is 2.54. The van der Waals surface area contributed by atoms with E-state index >= 15 is 0 Å². The Morgan fingerprint density at radius 3 is 2.55 bits per heavy atom. The maximum Gasteiger partial charge on any atom is 0.137 e. The summed E-state index contributed by atoms with van der Waals surface area (Å²) in [6.07, 6.45) is 1.09. The Labute approximate surface area is 65.6 Å². The van der Waals surface area contributed by atoms with E-state index in [9.17, 15) is 0 Å². The fraction of sp³-hybridized carbons (Fsp3) is 0.625. The molecule has 0 aliphatic heterocycles. The first-order chi connectivity index (χ1) is 5.20. The van der Waals surface area contributed by atoms with E-state index in [1.165, 1.54) is 5.56 Å². The van der Waals surface area contributed by atoms with Gasteiger partial charge < -0.3 is 10.3 Å². The van der Waals surface area contributed by atoms with Crippen molar-refractivity contribution in [2.75, 3.05) is 0 Å². The molecule has 1 aliphatic carbocycles. The highest BCUT2D eigenvalue weighted by molar-refractivity contribution is 5.32. The van der Waals surface area contributed by atoms with Crippen molar-refractivity contribution in [1.82, 2.24) is 5.16 Å². The molecule has 0 saturated heterocycles. The summed E-state index contributed by atoms with van der Waals surface area (Å²) in [4.78, 5) is 0. The van der Waals surface area contributed by atoms with Crippen molar-refractivity contribution in [3.05, 3.63) is 17.0 Å². The standard InChI is InChI=1S/C8H12N2O/c1-4-8(5(2)11-10-4)6-3-7(6)9/h6-7H,3,9H2,1-2H3/t6-,7-/m1/s1. The topological polar surface area (TPSA) is 52.0 Å². The van der Waals surface area contributed by atoms with E-state index < -0.39 is 0 Å². The first-order valence-corrected chi connectivity index (χ1v) is 3.88. The zero-order valence-corrected chi connectivity index (χ0v) is 6.79. The van der Waals surface area contributed by atoms with Gasteiger partial charge in [0.05, 0.1) is 5.69 Å². The minimum absolute atomic E-state index is 0.340. The Morgan fingerprint density at radius 2 is 2.18 bits per heavy atom. The Balaban J connectivity index is 2.36. The molecule has 11 heavy (non-hydrogen) atoms. The van der Waals surface area contributed by atoms with Crippen molar-refractivity contribution in [1.29, 1.82) is 0 Å². The summed E-state index contributed by atoms with van der Waals surface area (Å²) < 4.78 is 5.04. The normalized spacial score (nSPS) is 29.0. The largest absolute Gasteiger partial charge is 0.361 e. The van der Waals surface area contributed by atoms with E-state index in [4.69, 9.17) is 10.3 Å². The van der Waals surface area contributed by atoms with Crippen LogP contribution >= 0.6 is 0 Å². The van der Waals surface area contributed by atoms with Crippen LogP contribution in [0.2, 0.25) is 0 Å². The van der Waals surface area contributed by atoms with Gasteiger partial charge in [0, 0.05) is 17.5 Å². The molecule has 0 bridgehead atoms. The van der Waals surface area contributed by atoms with Gasteiger partial charge in [0.2, 0.25) is 0 Å². The number of nitrogens with two attached hydrogens (primary N) is 1. The second-order valence-electron chi connectivity index (χ2n) is 3.24. The Kier molecular flexibility index (Phi) is 1.29. The summed E-state index contributed by atoms with van der Waals surface area (Å²) in [6, 6.07) is 0.340. The highest BCUT2D eigenvalue weighted by atomic mass is 16.5.